The fourth-order valence-corrected chi connectivity index (χ4v) is 2.69. The maximum Gasteiger partial charge on any atom is 0.222 e. The summed E-state index contributed by atoms with van der Waals surface area (Å²) in [6.45, 7) is 0.437. The van der Waals surface area contributed by atoms with Crippen LogP contribution in [-0.4, -0.2) is 30.5 Å². The normalized spacial score (nSPS) is 12.2. The molecule has 0 bridgehead atoms. The van der Waals surface area contributed by atoms with Gasteiger partial charge < -0.3 is 25.7 Å². The van der Waals surface area contributed by atoms with E-state index in [1.165, 1.54) is 0 Å². The van der Waals surface area contributed by atoms with Crippen molar-refractivity contribution in [2.75, 3.05) is 32.0 Å². The second kappa shape index (κ2) is 8.18. The van der Waals surface area contributed by atoms with Crippen LogP contribution in [0.25, 0.3) is 10.9 Å². The van der Waals surface area contributed by atoms with E-state index in [2.05, 4.69) is 9.97 Å². The van der Waals surface area contributed by atoms with Gasteiger partial charge in [0.05, 0.1) is 17.5 Å². The monoisotopic (exact) mass is 374 g/mol. The summed E-state index contributed by atoms with van der Waals surface area (Å²) in [4.78, 5) is 8.23. The van der Waals surface area contributed by atoms with Crippen molar-refractivity contribution in [1.29, 1.82) is 0 Å². The van der Waals surface area contributed by atoms with Gasteiger partial charge in [-0.2, -0.15) is 4.98 Å². The van der Waals surface area contributed by atoms with E-state index < -0.39 is 6.10 Å². The van der Waals surface area contributed by atoms with Crippen LogP contribution in [0.2, 0.25) is 5.02 Å². The summed E-state index contributed by atoms with van der Waals surface area (Å²) >= 11 is 5.98. The molecule has 1 atom stereocenters. The van der Waals surface area contributed by atoms with Crippen molar-refractivity contribution in [3.63, 3.8) is 0 Å². The number of aromatic nitrogens is 2. The van der Waals surface area contributed by atoms with E-state index in [0.29, 0.717) is 21.7 Å². The fourth-order valence-electron chi connectivity index (χ4n) is 2.56. The van der Waals surface area contributed by atoms with Crippen molar-refractivity contribution < 1.29 is 14.2 Å². The minimum atomic E-state index is -0.398. The number of halogens is 1. The summed E-state index contributed by atoms with van der Waals surface area (Å²) in [6, 6.07) is 12.8. The second-order valence-electron chi connectivity index (χ2n) is 5.55. The Morgan fingerprint density at radius 1 is 1.08 bits per heavy atom. The van der Waals surface area contributed by atoms with Gasteiger partial charge in [-0.25, -0.2) is 4.98 Å². The first-order chi connectivity index (χ1) is 12.6. The Morgan fingerprint density at radius 3 is 2.58 bits per heavy atom. The lowest BCUT2D eigenvalue weighted by atomic mass is 10.1. The highest BCUT2D eigenvalue weighted by molar-refractivity contribution is 6.30. The summed E-state index contributed by atoms with van der Waals surface area (Å²) in [7, 11) is 1.56. The number of anilines is 2. The van der Waals surface area contributed by atoms with Crippen LogP contribution in [0.3, 0.4) is 0 Å². The molecule has 0 saturated carbocycles. The van der Waals surface area contributed by atoms with Crippen molar-refractivity contribution >= 4 is 34.3 Å². The molecular formula is C18H19ClN4O3. The molecule has 1 unspecified atom stereocenters. The zero-order valence-electron chi connectivity index (χ0n) is 14.2. The maximum absolute atomic E-state index is 6.20. The lowest BCUT2D eigenvalue weighted by Gasteiger charge is -2.21. The predicted molar refractivity (Wildman–Crippen MR) is 101 cm³/mol. The first kappa shape index (κ1) is 18.2. The van der Waals surface area contributed by atoms with Gasteiger partial charge in [0.2, 0.25) is 5.95 Å². The van der Waals surface area contributed by atoms with Crippen molar-refractivity contribution in [2.45, 2.75) is 6.10 Å². The van der Waals surface area contributed by atoms with Crippen LogP contribution < -0.4 is 16.2 Å². The van der Waals surface area contributed by atoms with Crippen LogP contribution in [-0.2, 0) is 9.47 Å². The molecule has 136 valence electrons. The van der Waals surface area contributed by atoms with Crippen LogP contribution in [0.15, 0.2) is 42.5 Å². The van der Waals surface area contributed by atoms with Gasteiger partial charge in [0.25, 0.3) is 0 Å². The zero-order chi connectivity index (χ0) is 18.5. The van der Waals surface area contributed by atoms with Gasteiger partial charge in [-0.05, 0) is 29.8 Å². The molecule has 2 aromatic carbocycles. The third-order valence-electron chi connectivity index (χ3n) is 3.71. The Hall–Kier alpha value is -2.61. The fraction of sp³-hybridized carbons (Fsp3) is 0.222. The number of hydrogen-bond donors (Lipinski definition) is 2. The number of rotatable bonds is 7. The molecule has 0 radical (unpaired) electrons. The van der Waals surface area contributed by atoms with Gasteiger partial charge in [0, 0.05) is 12.1 Å². The van der Waals surface area contributed by atoms with Crippen molar-refractivity contribution in [3.8, 4) is 5.75 Å². The van der Waals surface area contributed by atoms with Gasteiger partial charge >= 0.3 is 0 Å². The number of benzene rings is 2. The Labute approximate surface area is 155 Å². The minimum Gasteiger partial charge on any atom is -0.482 e. The molecule has 0 saturated heterocycles. The van der Waals surface area contributed by atoms with Crippen LogP contribution in [0, 0.1) is 0 Å². The number of ether oxygens (including phenoxy) is 3. The largest absolute Gasteiger partial charge is 0.482 e. The SMILES string of the molecule is COCOCC(Oc1cccc2nc(N)nc(N)c12)c1ccc(Cl)cc1. The first-order valence-corrected chi connectivity index (χ1v) is 8.27. The number of methoxy groups -OCH3 is 1. The van der Waals surface area contributed by atoms with E-state index in [-0.39, 0.29) is 25.2 Å². The van der Waals surface area contributed by atoms with Crippen molar-refractivity contribution in [3.05, 3.63) is 53.1 Å². The van der Waals surface area contributed by atoms with E-state index >= 15 is 0 Å². The molecule has 0 fully saturated rings. The molecular weight excluding hydrogens is 356 g/mol. The first-order valence-electron chi connectivity index (χ1n) is 7.89. The molecule has 4 N–H and O–H groups in total. The van der Waals surface area contributed by atoms with Crippen molar-refractivity contribution in [1.82, 2.24) is 9.97 Å². The van der Waals surface area contributed by atoms with Crippen LogP contribution in [0.1, 0.15) is 11.7 Å². The molecule has 1 aromatic heterocycles. The molecule has 0 spiro atoms. The summed E-state index contributed by atoms with van der Waals surface area (Å²) in [5.41, 5.74) is 13.2. The van der Waals surface area contributed by atoms with E-state index in [1.807, 2.05) is 18.2 Å². The Kier molecular flexibility index (Phi) is 5.72. The molecule has 0 aliphatic heterocycles. The molecule has 0 aliphatic carbocycles. The number of fused-ring (bicyclic) bond motifs is 1. The molecule has 0 aliphatic rings. The lowest BCUT2D eigenvalue weighted by Crippen LogP contribution is -2.16. The van der Waals surface area contributed by atoms with Gasteiger partial charge in [0.15, 0.2) is 0 Å². The zero-order valence-corrected chi connectivity index (χ0v) is 14.9. The summed E-state index contributed by atoms with van der Waals surface area (Å²) < 4.78 is 16.6. The number of nitrogen functional groups attached to an aromatic ring is 2. The Balaban J connectivity index is 1.95. The third kappa shape index (κ3) is 4.13. The highest BCUT2D eigenvalue weighted by Gasteiger charge is 2.17. The van der Waals surface area contributed by atoms with Crippen LogP contribution in [0.4, 0.5) is 11.8 Å². The highest BCUT2D eigenvalue weighted by Crippen LogP contribution is 2.33. The van der Waals surface area contributed by atoms with E-state index in [0.717, 1.165) is 5.56 Å². The van der Waals surface area contributed by atoms with Gasteiger partial charge in [-0.1, -0.05) is 29.8 Å². The average molecular weight is 375 g/mol. The van der Waals surface area contributed by atoms with Gasteiger partial charge in [-0.15, -0.1) is 0 Å². The molecule has 0 amide bonds. The number of nitrogens with zero attached hydrogens (tertiary/aromatic N) is 2. The van der Waals surface area contributed by atoms with Gasteiger partial charge in [0.1, 0.15) is 24.5 Å². The van der Waals surface area contributed by atoms with E-state index in [4.69, 9.17) is 37.3 Å². The van der Waals surface area contributed by atoms with E-state index in [9.17, 15) is 0 Å². The summed E-state index contributed by atoms with van der Waals surface area (Å²) in [6.07, 6.45) is -0.398. The van der Waals surface area contributed by atoms with E-state index in [1.54, 1.807) is 31.4 Å². The molecule has 7 nitrogen and oxygen atoms in total. The number of nitrogens with two attached hydrogens (primary N) is 2. The Bertz CT molecular complexity index is 889. The second-order valence-corrected chi connectivity index (χ2v) is 5.99. The molecule has 1 heterocycles. The van der Waals surface area contributed by atoms with Crippen LogP contribution in [0.5, 0.6) is 5.75 Å². The average Bonchev–Trinajstić information content (AvgIpc) is 2.61. The Morgan fingerprint density at radius 2 is 1.85 bits per heavy atom. The summed E-state index contributed by atoms with van der Waals surface area (Å²) in [5.74, 6) is 0.918. The maximum atomic E-state index is 6.20. The molecule has 8 heteroatoms. The number of hydrogen-bond acceptors (Lipinski definition) is 7. The lowest BCUT2D eigenvalue weighted by molar-refractivity contribution is -0.0569. The highest BCUT2D eigenvalue weighted by atomic mass is 35.5. The standard InChI is InChI=1S/C18H19ClN4O3/c1-24-10-25-9-15(11-5-7-12(19)8-6-11)26-14-4-2-3-13-16(14)17(20)23-18(21)22-13/h2-8,15H,9-10H2,1H3,(H4,20,21,22,23). The third-order valence-corrected chi connectivity index (χ3v) is 3.96. The summed E-state index contributed by atoms with van der Waals surface area (Å²) in [5, 5.41) is 1.25. The quantitative estimate of drug-likeness (QED) is 0.483. The van der Waals surface area contributed by atoms with Gasteiger partial charge in [-0.3, -0.25) is 0 Å². The predicted octanol–water partition coefficient (Wildman–Crippen LogP) is 3.19. The smallest absolute Gasteiger partial charge is 0.222 e. The topological polar surface area (TPSA) is 106 Å². The molecule has 3 rings (SSSR count). The molecule has 3 aromatic rings. The minimum absolute atomic E-state index is 0.116. The van der Waals surface area contributed by atoms with Crippen molar-refractivity contribution in [2.24, 2.45) is 0 Å². The molecule has 26 heavy (non-hydrogen) atoms. The van der Waals surface area contributed by atoms with Crippen LogP contribution >= 0.6 is 11.6 Å².